The highest BCUT2D eigenvalue weighted by atomic mass is 28.2. The molecule has 12 heavy (non-hydrogen) atoms. The van der Waals surface area contributed by atoms with Gasteiger partial charge in [0, 0.05) is 11.1 Å². The first kappa shape index (κ1) is 12.1. The molecule has 0 aliphatic carbocycles. The fourth-order valence-corrected chi connectivity index (χ4v) is 1.79. The van der Waals surface area contributed by atoms with Gasteiger partial charge in [-0.15, -0.1) is 0 Å². The lowest BCUT2D eigenvalue weighted by Crippen LogP contribution is -2.59. The van der Waals surface area contributed by atoms with Gasteiger partial charge in [-0.2, -0.15) is 0 Å². The molecule has 0 amide bonds. The van der Waals surface area contributed by atoms with Gasteiger partial charge in [0.2, 0.25) is 0 Å². The van der Waals surface area contributed by atoms with Gasteiger partial charge in [0.05, 0.1) is 0 Å². The van der Waals surface area contributed by atoms with Gasteiger partial charge in [-0.1, -0.05) is 0 Å². The Morgan fingerprint density at radius 2 is 1.08 bits per heavy atom. The molecule has 0 aromatic rings. The summed E-state index contributed by atoms with van der Waals surface area (Å²) in [6.07, 6.45) is 0. The number of rotatable bonds is 2. The van der Waals surface area contributed by atoms with Crippen molar-refractivity contribution < 1.29 is 0 Å². The van der Waals surface area contributed by atoms with E-state index in [1.807, 2.05) is 4.78 Å². The van der Waals surface area contributed by atoms with Crippen LogP contribution in [0.4, 0.5) is 0 Å². The molecule has 73 valence electrons. The van der Waals surface area contributed by atoms with Gasteiger partial charge in [0.15, 0.2) is 0 Å². The number of hydrazine groups is 2. The van der Waals surface area contributed by atoms with Gasteiger partial charge in [0.1, 0.15) is 10.4 Å². The molecule has 0 saturated carbocycles. The van der Waals surface area contributed by atoms with E-state index in [0.717, 1.165) is 0 Å². The summed E-state index contributed by atoms with van der Waals surface area (Å²) in [6, 6.07) is 0. The lowest BCUT2D eigenvalue weighted by molar-refractivity contribution is 0.127. The van der Waals surface area contributed by atoms with Gasteiger partial charge in [0.25, 0.3) is 0 Å². The van der Waals surface area contributed by atoms with Crippen molar-refractivity contribution in [2.75, 3.05) is 0 Å². The third-order valence-electron chi connectivity index (χ3n) is 0.941. The van der Waals surface area contributed by atoms with Gasteiger partial charge in [-0.25, -0.2) is 15.6 Å². The van der Waals surface area contributed by atoms with Crippen molar-refractivity contribution in [1.82, 2.24) is 15.6 Å². The standard InChI is InChI=1S/C8H22N3Si/c1-7(2,3)9-11(12)10-8(4,5)6/h9-10H,12H2,1-6H3. The topological polar surface area (TPSA) is 27.3 Å². The van der Waals surface area contributed by atoms with Crippen LogP contribution in [0.2, 0.25) is 0 Å². The molecular weight excluding hydrogens is 166 g/mol. The summed E-state index contributed by atoms with van der Waals surface area (Å²) in [5.74, 6) is 0. The van der Waals surface area contributed by atoms with Crippen LogP contribution in [0.1, 0.15) is 41.5 Å². The molecule has 0 bridgehead atoms. The SMILES string of the molecule is CC(C)(C)NN([SiH2])NC(C)(C)C. The van der Waals surface area contributed by atoms with Crippen LogP contribution in [0, 0.1) is 0 Å². The van der Waals surface area contributed by atoms with Crippen LogP contribution in [0.15, 0.2) is 0 Å². The van der Waals surface area contributed by atoms with Crippen LogP contribution in [-0.2, 0) is 0 Å². The second-order valence-corrected chi connectivity index (χ2v) is 5.78. The maximum atomic E-state index is 3.31. The Hall–Kier alpha value is 0.0969. The molecule has 0 spiro atoms. The van der Waals surface area contributed by atoms with Crippen molar-refractivity contribution in [3.05, 3.63) is 0 Å². The van der Waals surface area contributed by atoms with E-state index in [2.05, 4.69) is 52.4 Å². The highest BCUT2D eigenvalue weighted by Crippen LogP contribution is 2.01. The minimum atomic E-state index is 0.111. The molecule has 4 heteroatoms. The average molecular weight is 188 g/mol. The largest absolute Gasteiger partial charge is 0.244 e. The fourth-order valence-electron chi connectivity index (χ4n) is 0.838. The molecule has 0 heterocycles. The average Bonchev–Trinajstić information content (AvgIpc) is 1.49. The maximum Gasteiger partial charge on any atom is 0.141 e. The summed E-state index contributed by atoms with van der Waals surface area (Å²) in [5.41, 5.74) is 6.84. The van der Waals surface area contributed by atoms with Crippen molar-refractivity contribution in [2.24, 2.45) is 0 Å². The second-order valence-electron chi connectivity index (χ2n) is 5.15. The summed E-state index contributed by atoms with van der Waals surface area (Å²) in [6.45, 7) is 12.8. The summed E-state index contributed by atoms with van der Waals surface area (Å²) in [4.78, 5) is 1.94. The van der Waals surface area contributed by atoms with Gasteiger partial charge >= 0.3 is 0 Å². The van der Waals surface area contributed by atoms with Gasteiger partial charge < -0.3 is 0 Å². The molecule has 3 nitrogen and oxygen atoms in total. The number of nitrogens with one attached hydrogen (secondary N) is 2. The third-order valence-corrected chi connectivity index (χ3v) is 1.26. The Morgan fingerprint density at radius 1 is 0.833 bits per heavy atom. The summed E-state index contributed by atoms with van der Waals surface area (Å²) < 4.78 is 0. The monoisotopic (exact) mass is 188 g/mol. The van der Waals surface area contributed by atoms with Crippen LogP contribution < -0.4 is 10.9 Å². The number of hydrogen-bond donors (Lipinski definition) is 2. The van der Waals surface area contributed by atoms with Crippen molar-refractivity contribution in [1.29, 1.82) is 0 Å². The van der Waals surface area contributed by atoms with Crippen LogP contribution in [0.3, 0.4) is 0 Å². The Kier molecular flexibility index (Phi) is 3.90. The summed E-state index contributed by atoms with van der Waals surface area (Å²) >= 11 is 0. The minimum Gasteiger partial charge on any atom is -0.244 e. The van der Waals surface area contributed by atoms with E-state index < -0.39 is 0 Å². The molecular formula is C8H22N3Si. The zero-order valence-corrected chi connectivity index (χ0v) is 10.6. The molecule has 0 atom stereocenters. The van der Waals surface area contributed by atoms with E-state index in [1.165, 1.54) is 0 Å². The fraction of sp³-hybridized carbons (Fsp3) is 1.00. The molecule has 1 radical (unpaired) electrons. The Balaban J connectivity index is 3.83. The van der Waals surface area contributed by atoms with Crippen LogP contribution in [-0.4, -0.2) is 26.3 Å². The van der Waals surface area contributed by atoms with Crippen LogP contribution >= 0.6 is 0 Å². The summed E-state index contributed by atoms with van der Waals surface area (Å²) in [5, 5.41) is 0. The highest BCUT2D eigenvalue weighted by Gasteiger charge is 2.16. The predicted molar refractivity (Wildman–Crippen MR) is 56.2 cm³/mol. The first-order valence-electron chi connectivity index (χ1n) is 4.26. The van der Waals surface area contributed by atoms with Crippen molar-refractivity contribution >= 4 is 10.4 Å². The molecule has 0 fully saturated rings. The normalized spacial score (nSPS) is 14.0. The molecule has 0 aromatic carbocycles. The second kappa shape index (κ2) is 3.87. The maximum absolute atomic E-state index is 3.31. The molecule has 0 unspecified atom stereocenters. The summed E-state index contributed by atoms with van der Waals surface area (Å²) in [7, 11) is 1.78. The zero-order chi connectivity index (χ0) is 9.99. The van der Waals surface area contributed by atoms with E-state index in [4.69, 9.17) is 0 Å². The molecule has 2 N–H and O–H groups in total. The Labute approximate surface area is 79.3 Å². The van der Waals surface area contributed by atoms with Crippen LogP contribution in [0.25, 0.3) is 0 Å². The van der Waals surface area contributed by atoms with E-state index in [0.29, 0.717) is 0 Å². The molecule has 0 aromatic heterocycles. The number of hydrogen-bond acceptors (Lipinski definition) is 3. The third kappa shape index (κ3) is 8.20. The van der Waals surface area contributed by atoms with Gasteiger partial charge in [-0.05, 0) is 41.5 Å². The van der Waals surface area contributed by atoms with E-state index in [9.17, 15) is 0 Å². The van der Waals surface area contributed by atoms with E-state index in [-0.39, 0.29) is 11.1 Å². The zero-order valence-electron chi connectivity index (χ0n) is 9.15. The smallest absolute Gasteiger partial charge is 0.141 e. The molecule has 0 rings (SSSR count). The van der Waals surface area contributed by atoms with E-state index in [1.54, 1.807) is 10.4 Å². The van der Waals surface area contributed by atoms with Crippen LogP contribution in [0.5, 0.6) is 0 Å². The van der Waals surface area contributed by atoms with E-state index >= 15 is 0 Å². The van der Waals surface area contributed by atoms with Crippen molar-refractivity contribution in [3.63, 3.8) is 0 Å². The first-order chi connectivity index (χ1) is 5.10. The predicted octanol–water partition coefficient (Wildman–Crippen LogP) is 0.443. The van der Waals surface area contributed by atoms with Gasteiger partial charge in [-0.3, -0.25) is 0 Å². The highest BCUT2D eigenvalue weighted by molar-refractivity contribution is 6.03. The number of nitrogens with zero attached hydrogens (tertiary/aromatic N) is 1. The molecule has 0 aliphatic rings. The lowest BCUT2D eigenvalue weighted by atomic mass is 10.1. The lowest BCUT2D eigenvalue weighted by Gasteiger charge is -2.34. The minimum absolute atomic E-state index is 0.111. The van der Waals surface area contributed by atoms with Crippen molar-refractivity contribution in [3.8, 4) is 0 Å². The molecule has 0 saturated heterocycles. The Morgan fingerprint density at radius 3 is 1.25 bits per heavy atom. The molecule has 0 aliphatic heterocycles. The Bertz CT molecular complexity index is 118. The first-order valence-corrected chi connectivity index (χ1v) is 4.90. The van der Waals surface area contributed by atoms with Crippen molar-refractivity contribution in [2.45, 2.75) is 52.6 Å². The quantitative estimate of drug-likeness (QED) is 0.486.